The van der Waals surface area contributed by atoms with Crippen molar-refractivity contribution in [1.29, 1.82) is 0 Å². The number of para-hydroxylation sites is 1. The summed E-state index contributed by atoms with van der Waals surface area (Å²) in [7, 11) is 0. The van der Waals surface area contributed by atoms with E-state index in [-0.39, 0.29) is 5.69 Å². The molecule has 0 saturated carbocycles. The highest BCUT2D eigenvalue weighted by Crippen LogP contribution is 2.29. The Balaban J connectivity index is 2.50. The summed E-state index contributed by atoms with van der Waals surface area (Å²) in [6, 6.07) is 8.11. The van der Waals surface area contributed by atoms with E-state index in [9.17, 15) is 10.1 Å². The Hall–Kier alpha value is -1.69. The van der Waals surface area contributed by atoms with Crippen molar-refractivity contribution >= 4 is 21.6 Å². The van der Waals surface area contributed by atoms with Crippen LogP contribution in [0.15, 0.2) is 34.9 Å². The van der Waals surface area contributed by atoms with Crippen molar-refractivity contribution in [1.82, 2.24) is 5.16 Å². The lowest BCUT2D eigenvalue weighted by Gasteiger charge is -1.96. The maximum Gasteiger partial charge on any atom is 0.278 e. The average molecular weight is 283 g/mol. The van der Waals surface area contributed by atoms with Gasteiger partial charge in [0.25, 0.3) is 5.69 Å². The Labute approximate surface area is 99.3 Å². The van der Waals surface area contributed by atoms with Crippen molar-refractivity contribution in [2.24, 2.45) is 0 Å². The maximum atomic E-state index is 10.8. The van der Waals surface area contributed by atoms with Crippen molar-refractivity contribution in [3.63, 3.8) is 0 Å². The lowest BCUT2D eigenvalue weighted by Crippen LogP contribution is -1.91. The third-order valence-electron chi connectivity index (χ3n) is 2.07. The molecule has 0 saturated heterocycles. The SMILES string of the molecule is O=[N+]([O-])c1ccccc1-c1cc(CBr)on1. The Kier molecular flexibility index (Phi) is 3.00. The highest BCUT2D eigenvalue weighted by Gasteiger charge is 2.17. The zero-order valence-electron chi connectivity index (χ0n) is 8.09. The summed E-state index contributed by atoms with van der Waals surface area (Å²) < 4.78 is 4.98. The molecule has 0 aliphatic rings. The zero-order chi connectivity index (χ0) is 11.5. The average Bonchev–Trinajstić information content (AvgIpc) is 2.77. The van der Waals surface area contributed by atoms with Gasteiger partial charge in [-0.25, -0.2) is 0 Å². The zero-order valence-corrected chi connectivity index (χ0v) is 9.68. The van der Waals surface area contributed by atoms with Crippen LogP contribution in [0.25, 0.3) is 11.3 Å². The minimum absolute atomic E-state index is 0.0249. The largest absolute Gasteiger partial charge is 0.360 e. The molecule has 0 unspecified atom stereocenters. The number of aromatic nitrogens is 1. The lowest BCUT2D eigenvalue weighted by molar-refractivity contribution is -0.384. The molecule has 0 bridgehead atoms. The molecule has 0 fully saturated rings. The van der Waals surface area contributed by atoms with Crippen molar-refractivity contribution in [3.05, 3.63) is 46.2 Å². The van der Waals surface area contributed by atoms with Crippen molar-refractivity contribution in [3.8, 4) is 11.3 Å². The van der Waals surface area contributed by atoms with Gasteiger partial charge >= 0.3 is 0 Å². The van der Waals surface area contributed by atoms with Gasteiger partial charge in [0, 0.05) is 12.1 Å². The van der Waals surface area contributed by atoms with E-state index in [0.29, 0.717) is 22.3 Å². The fraction of sp³-hybridized carbons (Fsp3) is 0.100. The quantitative estimate of drug-likeness (QED) is 0.493. The number of nitro groups is 1. The molecule has 16 heavy (non-hydrogen) atoms. The van der Waals surface area contributed by atoms with E-state index in [4.69, 9.17) is 4.52 Å². The molecular formula is C10H7BrN2O3. The van der Waals surface area contributed by atoms with Gasteiger partial charge in [-0.15, -0.1) is 0 Å². The first kappa shape index (κ1) is 10.8. The molecule has 6 heteroatoms. The first-order valence-electron chi connectivity index (χ1n) is 4.47. The van der Waals surface area contributed by atoms with Gasteiger partial charge in [-0.3, -0.25) is 10.1 Å². The van der Waals surface area contributed by atoms with Crippen LogP contribution < -0.4 is 0 Å². The van der Waals surface area contributed by atoms with Crippen LogP contribution >= 0.6 is 15.9 Å². The standard InChI is InChI=1S/C10H7BrN2O3/c11-6-7-5-9(12-16-7)8-3-1-2-4-10(8)13(14)15/h1-5H,6H2. The molecule has 0 spiro atoms. The molecule has 1 aromatic carbocycles. The minimum atomic E-state index is -0.433. The number of benzene rings is 1. The van der Waals surface area contributed by atoms with Crippen molar-refractivity contribution < 1.29 is 9.45 Å². The summed E-state index contributed by atoms with van der Waals surface area (Å²) in [5, 5.41) is 15.1. The van der Waals surface area contributed by atoms with Gasteiger partial charge in [0.1, 0.15) is 11.5 Å². The fourth-order valence-electron chi connectivity index (χ4n) is 1.35. The smallest absolute Gasteiger partial charge is 0.278 e. The van der Waals surface area contributed by atoms with E-state index in [1.54, 1.807) is 24.3 Å². The van der Waals surface area contributed by atoms with Crippen LogP contribution in [0.4, 0.5) is 5.69 Å². The van der Waals surface area contributed by atoms with Crippen LogP contribution in [-0.4, -0.2) is 10.1 Å². The van der Waals surface area contributed by atoms with Crippen molar-refractivity contribution in [2.75, 3.05) is 0 Å². The molecule has 0 radical (unpaired) electrons. The highest BCUT2D eigenvalue weighted by atomic mass is 79.9. The fourth-order valence-corrected chi connectivity index (χ4v) is 1.62. The third kappa shape index (κ3) is 1.96. The van der Waals surface area contributed by atoms with Crippen LogP contribution in [0.3, 0.4) is 0 Å². The van der Waals surface area contributed by atoms with Crippen LogP contribution in [-0.2, 0) is 5.33 Å². The second-order valence-corrected chi connectivity index (χ2v) is 3.65. The number of hydrogen-bond acceptors (Lipinski definition) is 4. The van der Waals surface area contributed by atoms with Gasteiger partial charge in [-0.1, -0.05) is 33.2 Å². The summed E-state index contributed by atoms with van der Waals surface area (Å²) in [5.74, 6) is 0.633. The van der Waals surface area contributed by atoms with Crippen LogP contribution in [0.5, 0.6) is 0 Å². The summed E-state index contributed by atoms with van der Waals surface area (Å²) in [6.45, 7) is 0. The third-order valence-corrected chi connectivity index (χ3v) is 2.62. The molecule has 0 aliphatic carbocycles. The lowest BCUT2D eigenvalue weighted by atomic mass is 10.1. The summed E-state index contributed by atoms with van der Waals surface area (Å²) in [6.07, 6.45) is 0. The number of halogens is 1. The summed E-state index contributed by atoms with van der Waals surface area (Å²) >= 11 is 3.22. The molecule has 82 valence electrons. The monoisotopic (exact) mass is 282 g/mol. The molecule has 0 N–H and O–H groups in total. The number of nitro benzene ring substituents is 1. The normalized spacial score (nSPS) is 10.3. The predicted octanol–water partition coefficient (Wildman–Crippen LogP) is 3.14. The molecule has 0 amide bonds. The number of rotatable bonds is 3. The number of nitrogens with zero attached hydrogens (tertiary/aromatic N) is 2. The Morgan fingerprint density at radius 1 is 1.44 bits per heavy atom. The van der Waals surface area contributed by atoms with Crippen LogP contribution in [0.1, 0.15) is 5.76 Å². The number of hydrogen-bond donors (Lipinski definition) is 0. The molecule has 1 aromatic heterocycles. The van der Waals surface area contributed by atoms with Gasteiger partial charge in [0.2, 0.25) is 0 Å². The Morgan fingerprint density at radius 3 is 2.81 bits per heavy atom. The molecule has 0 atom stereocenters. The van der Waals surface area contributed by atoms with Gasteiger partial charge in [-0.05, 0) is 6.07 Å². The second kappa shape index (κ2) is 4.44. The molecule has 2 aromatic rings. The van der Waals surface area contributed by atoms with Crippen LogP contribution in [0.2, 0.25) is 0 Å². The highest BCUT2D eigenvalue weighted by molar-refractivity contribution is 9.08. The van der Waals surface area contributed by atoms with Gasteiger partial charge in [0.15, 0.2) is 0 Å². The second-order valence-electron chi connectivity index (χ2n) is 3.09. The van der Waals surface area contributed by atoms with E-state index >= 15 is 0 Å². The Morgan fingerprint density at radius 2 is 2.19 bits per heavy atom. The van der Waals surface area contributed by atoms with E-state index < -0.39 is 4.92 Å². The first-order chi connectivity index (χ1) is 7.72. The van der Waals surface area contributed by atoms with Crippen molar-refractivity contribution in [2.45, 2.75) is 5.33 Å². The molecule has 5 nitrogen and oxygen atoms in total. The van der Waals surface area contributed by atoms with Crippen LogP contribution in [0, 0.1) is 10.1 Å². The first-order valence-corrected chi connectivity index (χ1v) is 5.60. The topological polar surface area (TPSA) is 69.2 Å². The molecule has 0 aliphatic heterocycles. The van der Waals surface area contributed by atoms with E-state index in [1.807, 2.05) is 0 Å². The van der Waals surface area contributed by atoms with Gasteiger partial charge in [0.05, 0.1) is 15.8 Å². The van der Waals surface area contributed by atoms with E-state index in [2.05, 4.69) is 21.1 Å². The molecule has 1 heterocycles. The van der Waals surface area contributed by atoms with E-state index in [1.165, 1.54) is 6.07 Å². The van der Waals surface area contributed by atoms with Gasteiger partial charge in [-0.2, -0.15) is 0 Å². The number of alkyl halides is 1. The predicted molar refractivity (Wildman–Crippen MR) is 61.2 cm³/mol. The summed E-state index contributed by atoms with van der Waals surface area (Å²) in [5.41, 5.74) is 0.960. The Bertz CT molecular complexity index is 524. The maximum absolute atomic E-state index is 10.8. The van der Waals surface area contributed by atoms with Gasteiger partial charge < -0.3 is 4.52 Å². The summed E-state index contributed by atoms with van der Waals surface area (Å²) in [4.78, 5) is 10.4. The molecule has 2 rings (SSSR count). The minimum Gasteiger partial charge on any atom is -0.360 e. The molecular weight excluding hydrogens is 276 g/mol. The van der Waals surface area contributed by atoms with E-state index in [0.717, 1.165) is 0 Å².